The third-order valence-electron chi connectivity index (χ3n) is 5.46. The van der Waals surface area contributed by atoms with Gasteiger partial charge in [-0.2, -0.15) is 11.3 Å². The molecule has 0 atom stereocenters. The highest BCUT2D eigenvalue weighted by atomic mass is 32.1. The number of nitrogens with zero attached hydrogens (tertiary/aromatic N) is 5. The molecule has 10 nitrogen and oxygen atoms in total. The Labute approximate surface area is 175 Å². The minimum Gasteiger partial charge on any atom is -0.349 e. The van der Waals surface area contributed by atoms with Crippen LogP contribution in [0.2, 0.25) is 0 Å². The molecule has 0 bridgehead atoms. The van der Waals surface area contributed by atoms with Gasteiger partial charge >= 0.3 is 5.69 Å². The third-order valence-corrected chi connectivity index (χ3v) is 6.14. The summed E-state index contributed by atoms with van der Waals surface area (Å²) in [6.07, 6.45) is 2.71. The predicted molar refractivity (Wildman–Crippen MR) is 112 cm³/mol. The normalized spacial score (nSPS) is 14.9. The molecule has 2 amide bonds. The molecule has 4 heterocycles. The molecule has 0 unspecified atom stereocenters. The highest BCUT2D eigenvalue weighted by Crippen LogP contribution is 2.13. The van der Waals surface area contributed by atoms with Gasteiger partial charge in [0.25, 0.3) is 11.5 Å². The first-order valence-corrected chi connectivity index (χ1v) is 10.5. The number of hydrogen-bond acceptors (Lipinski definition) is 6. The van der Waals surface area contributed by atoms with Crippen LogP contribution in [-0.2, 0) is 25.4 Å². The van der Waals surface area contributed by atoms with Crippen LogP contribution in [-0.4, -0.2) is 54.5 Å². The number of carbonyl (C=O) groups excluding carboxylic acids is 2. The molecule has 158 valence electrons. The minimum absolute atomic E-state index is 0.0113. The van der Waals surface area contributed by atoms with E-state index in [2.05, 4.69) is 10.3 Å². The minimum atomic E-state index is -0.572. The van der Waals surface area contributed by atoms with E-state index in [1.165, 1.54) is 29.3 Å². The lowest BCUT2D eigenvalue weighted by atomic mass is 10.0. The summed E-state index contributed by atoms with van der Waals surface area (Å²) in [6, 6.07) is 1.76. The Bertz CT molecular complexity index is 1210. The number of carbonyl (C=O) groups is 2. The summed E-state index contributed by atoms with van der Waals surface area (Å²) in [6.45, 7) is 0.589. The van der Waals surface area contributed by atoms with Gasteiger partial charge in [0.15, 0.2) is 11.2 Å². The summed E-state index contributed by atoms with van der Waals surface area (Å²) >= 11 is 1.47. The summed E-state index contributed by atoms with van der Waals surface area (Å²) in [5.74, 6) is -0.404. The predicted octanol–water partition coefficient (Wildman–Crippen LogP) is -0.0838. The van der Waals surface area contributed by atoms with Crippen molar-refractivity contribution in [1.29, 1.82) is 0 Å². The molecule has 1 aliphatic heterocycles. The second-order valence-corrected chi connectivity index (χ2v) is 8.18. The fourth-order valence-electron chi connectivity index (χ4n) is 3.71. The highest BCUT2D eigenvalue weighted by molar-refractivity contribution is 7.08. The Kier molecular flexibility index (Phi) is 5.29. The molecule has 0 aliphatic carbocycles. The lowest BCUT2D eigenvalue weighted by Gasteiger charge is -2.32. The van der Waals surface area contributed by atoms with Crippen LogP contribution in [0.4, 0.5) is 0 Å². The van der Waals surface area contributed by atoms with E-state index in [9.17, 15) is 19.2 Å². The molecule has 4 rings (SSSR count). The molecular formula is C19H22N6O4S. The molecular weight excluding hydrogens is 408 g/mol. The molecule has 0 radical (unpaired) electrons. The van der Waals surface area contributed by atoms with Crippen LogP contribution in [0.25, 0.3) is 11.2 Å². The van der Waals surface area contributed by atoms with Gasteiger partial charge in [-0.15, -0.1) is 0 Å². The lowest BCUT2D eigenvalue weighted by molar-refractivity contribution is -0.133. The number of aromatic nitrogens is 4. The van der Waals surface area contributed by atoms with Crippen molar-refractivity contribution in [1.82, 2.24) is 28.9 Å². The maximum Gasteiger partial charge on any atom is 0.332 e. The Morgan fingerprint density at radius 2 is 1.97 bits per heavy atom. The Morgan fingerprint density at radius 3 is 2.63 bits per heavy atom. The second kappa shape index (κ2) is 7.90. The van der Waals surface area contributed by atoms with Gasteiger partial charge in [0, 0.05) is 44.2 Å². The zero-order valence-electron chi connectivity index (χ0n) is 16.7. The van der Waals surface area contributed by atoms with Gasteiger partial charge in [0.1, 0.15) is 6.54 Å². The molecule has 30 heavy (non-hydrogen) atoms. The zero-order chi connectivity index (χ0) is 21.4. The summed E-state index contributed by atoms with van der Waals surface area (Å²) < 4.78 is 3.77. The van der Waals surface area contributed by atoms with E-state index in [0.717, 1.165) is 4.57 Å². The molecule has 3 aromatic rings. The molecule has 0 saturated carbocycles. The Hall–Kier alpha value is -3.21. The summed E-state index contributed by atoms with van der Waals surface area (Å²) in [5.41, 5.74) is 0.106. The molecule has 1 fully saturated rings. The smallest absolute Gasteiger partial charge is 0.332 e. The van der Waals surface area contributed by atoms with Gasteiger partial charge < -0.3 is 14.8 Å². The number of amides is 2. The van der Waals surface area contributed by atoms with Gasteiger partial charge in [0.2, 0.25) is 5.91 Å². The first-order valence-electron chi connectivity index (χ1n) is 9.58. The number of imidazole rings is 1. The number of aryl methyl sites for hydroxylation is 2. The van der Waals surface area contributed by atoms with Gasteiger partial charge in [-0.3, -0.25) is 19.0 Å². The van der Waals surface area contributed by atoms with Crippen molar-refractivity contribution in [3.8, 4) is 0 Å². The van der Waals surface area contributed by atoms with Crippen molar-refractivity contribution >= 4 is 34.3 Å². The van der Waals surface area contributed by atoms with Crippen molar-refractivity contribution in [3.63, 3.8) is 0 Å². The van der Waals surface area contributed by atoms with Crippen LogP contribution < -0.4 is 16.6 Å². The van der Waals surface area contributed by atoms with Crippen LogP contribution in [0, 0.1) is 0 Å². The van der Waals surface area contributed by atoms with Crippen LogP contribution in [0.3, 0.4) is 0 Å². The van der Waals surface area contributed by atoms with E-state index in [4.69, 9.17) is 0 Å². The number of nitrogens with one attached hydrogen (secondary N) is 1. The summed E-state index contributed by atoms with van der Waals surface area (Å²) in [4.78, 5) is 56.0. The van der Waals surface area contributed by atoms with Gasteiger partial charge in [0.05, 0.1) is 6.33 Å². The highest BCUT2D eigenvalue weighted by Gasteiger charge is 2.26. The largest absolute Gasteiger partial charge is 0.349 e. The molecule has 1 saturated heterocycles. The zero-order valence-corrected chi connectivity index (χ0v) is 17.5. The molecule has 1 aliphatic rings. The molecule has 11 heteroatoms. The first kappa shape index (κ1) is 20.1. The van der Waals surface area contributed by atoms with Crippen molar-refractivity contribution < 1.29 is 9.59 Å². The number of rotatable bonds is 4. The SMILES string of the molecule is Cn1cnc2c1c(=O)n(CC(=O)N1CCC(NC(=O)c3ccsc3)CC1)c(=O)n2C. The second-order valence-electron chi connectivity index (χ2n) is 7.40. The molecule has 0 spiro atoms. The van der Waals surface area contributed by atoms with Crippen LogP contribution >= 0.6 is 11.3 Å². The van der Waals surface area contributed by atoms with Crippen molar-refractivity contribution in [2.45, 2.75) is 25.4 Å². The van der Waals surface area contributed by atoms with Gasteiger partial charge in [-0.1, -0.05) is 0 Å². The van der Waals surface area contributed by atoms with Crippen molar-refractivity contribution in [2.24, 2.45) is 14.1 Å². The summed E-state index contributed by atoms with van der Waals surface area (Å²) in [7, 11) is 3.20. The van der Waals surface area contributed by atoms with Gasteiger partial charge in [-0.05, 0) is 24.3 Å². The van der Waals surface area contributed by atoms with Crippen LogP contribution in [0.1, 0.15) is 23.2 Å². The Morgan fingerprint density at radius 1 is 1.23 bits per heavy atom. The number of piperidine rings is 1. The van der Waals surface area contributed by atoms with E-state index in [-0.39, 0.29) is 29.9 Å². The lowest BCUT2D eigenvalue weighted by Crippen LogP contribution is -2.49. The average Bonchev–Trinajstić information content (AvgIpc) is 3.40. The van der Waals surface area contributed by atoms with Crippen LogP contribution in [0.5, 0.6) is 0 Å². The summed E-state index contributed by atoms with van der Waals surface area (Å²) in [5, 5.41) is 6.64. The molecule has 0 aromatic carbocycles. The van der Waals surface area contributed by atoms with E-state index >= 15 is 0 Å². The fourth-order valence-corrected chi connectivity index (χ4v) is 4.34. The average molecular weight is 430 g/mol. The van der Waals surface area contributed by atoms with E-state index < -0.39 is 11.2 Å². The maximum absolute atomic E-state index is 12.8. The topological polar surface area (TPSA) is 111 Å². The first-order chi connectivity index (χ1) is 14.4. The number of hydrogen-bond donors (Lipinski definition) is 1. The standard InChI is InChI=1S/C19H22N6O4S/c1-22-11-20-16-15(22)18(28)25(19(29)23(16)2)9-14(26)24-6-3-13(4-7-24)21-17(27)12-5-8-30-10-12/h5,8,10-11,13H,3-4,6-7,9H2,1-2H3,(H,21,27). The van der Waals surface area contributed by atoms with Crippen molar-refractivity contribution in [2.75, 3.05) is 13.1 Å². The number of likely N-dealkylation sites (tertiary alicyclic amines) is 1. The fraction of sp³-hybridized carbons (Fsp3) is 0.421. The van der Waals surface area contributed by atoms with Gasteiger partial charge in [-0.25, -0.2) is 14.3 Å². The van der Waals surface area contributed by atoms with E-state index in [0.29, 0.717) is 37.1 Å². The number of thiophene rings is 1. The number of fused-ring (bicyclic) bond motifs is 1. The quantitative estimate of drug-likeness (QED) is 0.622. The molecule has 1 N–H and O–H groups in total. The molecule has 3 aromatic heterocycles. The monoisotopic (exact) mass is 430 g/mol. The van der Waals surface area contributed by atoms with Crippen LogP contribution in [0.15, 0.2) is 32.7 Å². The van der Waals surface area contributed by atoms with Crippen molar-refractivity contribution in [3.05, 3.63) is 49.6 Å². The van der Waals surface area contributed by atoms with E-state index in [1.54, 1.807) is 28.0 Å². The Balaban J connectivity index is 1.43. The van der Waals surface area contributed by atoms with E-state index in [1.807, 2.05) is 5.38 Å². The maximum atomic E-state index is 12.8. The third kappa shape index (κ3) is 3.56.